The van der Waals surface area contributed by atoms with E-state index in [2.05, 4.69) is 16.7 Å². The number of carbonyl (C=O) groups is 1. The predicted molar refractivity (Wildman–Crippen MR) is 100 cm³/mol. The number of allylic oxidation sites excluding steroid dienone is 3. The molecule has 0 saturated heterocycles. The summed E-state index contributed by atoms with van der Waals surface area (Å²) in [6.45, 7) is 0. The molecule has 1 atom stereocenters. The number of rotatable bonds is 4. The van der Waals surface area contributed by atoms with Crippen molar-refractivity contribution in [2.75, 3.05) is 5.32 Å². The van der Waals surface area contributed by atoms with Gasteiger partial charge in [-0.25, -0.2) is 0 Å². The molecule has 0 radical (unpaired) electrons. The van der Waals surface area contributed by atoms with Crippen molar-refractivity contribution in [2.45, 2.75) is 19.0 Å². The van der Waals surface area contributed by atoms with Gasteiger partial charge < -0.3 is 15.4 Å². The van der Waals surface area contributed by atoms with Gasteiger partial charge in [0.15, 0.2) is 0 Å². The Morgan fingerprint density at radius 1 is 1.11 bits per heavy atom. The molecule has 7 nitrogen and oxygen atoms in total. The maximum atomic E-state index is 12.4. The maximum Gasteiger partial charge on any atom is 0.270 e. The molecule has 1 aliphatic heterocycles. The van der Waals surface area contributed by atoms with Gasteiger partial charge in [0.25, 0.3) is 11.6 Å². The fraction of sp³-hybridized carbons (Fsp3) is 0.150. The summed E-state index contributed by atoms with van der Waals surface area (Å²) in [7, 11) is 0. The lowest BCUT2D eigenvalue weighted by Gasteiger charge is -2.28. The van der Waals surface area contributed by atoms with Gasteiger partial charge >= 0.3 is 0 Å². The number of nitro groups is 1. The number of nitrogens with one attached hydrogen (secondary N) is 2. The number of carbonyl (C=O) groups excluding carboxylic acids is 1. The van der Waals surface area contributed by atoms with Crippen LogP contribution in [0.3, 0.4) is 0 Å². The number of anilines is 1. The number of hydrogen-bond acceptors (Lipinski definition) is 5. The van der Waals surface area contributed by atoms with Gasteiger partial charge in [0.2, 0.25) is 0 Å². The zero-order valence-corrected chi connectivity index (χ0v) is 14.3. The molecule has 1 amide bonds. The molecule has 2 aromatic carbocycles. The van der Waals surface area contributed by atoms with Crippen LogP contribution in [-0.4, -0.2) is 10.8 Å². The zero-order valence-electron chi connectivity index (χ0n) is 14.3. The number of ether oxygens (including phenoxy) is 1. The van der Waals surface area contributed by atoms with Crippen molar-refractivity contribution < 1.29 is 14.5 Å². The van der Waals surface area contributed by atoms with Crippen LogP contribution in [0.2, 0.25) is 0 Å². The van der Waals surface area contributed by atoms with Crippen molar-refractivity contribution in [2.24, 2.45) is 0 Å². The molecule has 4 rings (SSSR count). The fourth-order valence-electron chi connectivity index (χ4n) is 3.09. The molecule has 0 spiro atoms. The first-order valence-corrected chi connectivity index (χ1v) is 8.60. The fourth-order valence-corrected chi connectivity index (χ4v) is 3.09. The minimum atomic E-state index is -0.519. The summed E-state index contributed by atoms with van der Waals surface area (Å²) in [5.74, 6) is 1.12. The van der Waals surface area contributed by atoms with Crippen molar-refractivity contribution in [1.82, 2.24) is 5.32 Å². The van der Waals surface area contributed by atoms with Gasteiger partial charge in [0.05, 0.1) is 10.5 Å². The highest BCUT2D eigenvalue weighted by molar-refractivity contribution is 6.02. The minimum Gasteiger partial charge on any atom is -0.458 e. The highest BCUT2D eigenvalue weighted by Crippen LogP contribution is 2.31. The van der Waals surface area contributed by atoms with E-state index in [-0.39, 0.29) is 17.2 Å². The lowest BCUT2D eigenvalue weighted by atomic mass is 10.0. The van der Waals surface area contributed by atoms with E-state index in [4.69, 9.17) is 4.74 Å². The molecule has 1 heterocycles. The molecule has 136 valence electrons. The molecule has 1 unspecified atom stereocenters. The molecular formula is C20H17N3O4. The van der Waals surface area contributed by atoms with Gasteiger partial charge in [-0.3, -0.25) is 14.9 Å². The first-order valence-electron chi connectivity index (χ1n) is 8.60. The first kappa shape index (κ1) is 16.8. The first-order chi connectivity index (χ1) is 13.1. The highest BCUT2D eigenvalue weighted by Gasteiger charge is 2.26. The lowest BCUT2D eigenvalue weighted by Crippen LogP contribution is -2.38. The average molecular weight is 363 g/mol. The third kappa shape index (κ3) is 3.52. The van der Waals surface area contributed by atoms with Crippen molar-refractivity contribution in [3.63, 3.8) is 0 Å². The Morgan fingerprint density at radius 3 is 2.78 bits per heavy atom. The monoisotopic (exact) mass is 363 g/mol. The molecule has 0 bridgehead atoms. The molecule has 1 aliphatic carbocycles. The van der Waals surface area contributed by atoms with Gasteiger partial charge in [-0.15, -0.1) is 0 Å². The summed E-state index contributed by atoms with van der Waals surface area (Å²) >= 11 is 0. The molecule has 0 aromatic heterocycles. The van der Waals surface area contributed by atoms with Crippen LogP contribution in [0.15, 0.2) is 66.5 Å². The van der Waals surface area contributed by atoms with E-state index < -0.39 is 11.1 Å². The van der Waals surface area contributed by atoms with E-state index >= 15 is 0 Å². The second-order valence-corrected chi connectivity index (χ2v) is 6.30. The van der Waals surface area contributed by atoms with Crippen LogP contribution in [0.4, 0.5) is 11.4 Å². The van der Waals surface area contributed by atoms with Crippen LogP contribution in [0.1, 0.15) is 34.9 Å². The number of nitro benzene ring substituents is 1. The Labute approximate surface area is 155 Å². The summed E-state index contributed by atoms with van der Waals surface area (Å²) < 4.78 is 5.88. The molecular weight excluding hydrogens is 346 g/mol. The SMILES string of the molecule is O=C1NC(c2cccc(OC3=CCCC=C3)c2)Nc2ccc([N+](=O)[O-])cc21. The van der Waals surface area contributed by atoms with E-state index in [1.165, 1.54) is 12.1 Å². The summed E-state index contributed by atoms with van der Waals surface area (Å²) in [5.41, 5.74) is 1.52. The van der Waals surface area contributed by atoms with Gasteiger partial charge in [0.1, 0.15) is 17.7 Å². The van der Waals surface area contributed by atoms with E-state index in [9.17, 15) is 14.9 Å². The average Bonchev–Trinajstić information content (AvgIpc) is 2.68. The van der Waals surface area contributed by atoms with Gasteiger partial charge in [0, 0.05) is 17.8 Å². The van der Waals surface area contributed by atoms with Crippen molar-refractivity contribution in [3.05, 3.63) is 87.7 Å². The molecule has 2 aliphatic rings. The van der Waals surface area contributed by atoms with E-state index in [1.54, 1.807) is 6.07 Å². The predicted octanol–water partition coefficient (Wildman–Crippen LogP) is 4.06. The molecule has 27 heavy (non-hydrogen) atoms. The van der Waals surface area contributed by atoms with Crippen LogP contribution >= 0.6 is 0 Å². The number of nitrogens with zero attached hydrogens (tertiary/aromatic N) is 1. The highest BCUT2D eigenvalue weighted by atomic mass is 16.6. The Bertz CT molecular complexity index is 981. The lowest BCUT2D eigenvalue weighted by molar-refractivity contribution is -0.384. The van der Waals surface area contributed by atoms with Crippen LogP contribution in [0, 0.1) is 10.1 Å². The zero-order chi connectivity index (χ0) is 18.8. The minimum absolute atomic E-state index is 0.117. The summed E-state index contributed by atoms with van der Waals surface area (Å²) in [4.78, 5) is 22.8. The summed E-state index contributed by atoms with van der Waals surface area (Å²) in [6, 6.07) is 11.7. The number of hydrogen-bond donors (Lipinski definition) is 2. The third-order valence-corrected chi connectivity index (χ3v) is 4.42. The van der Waals surface area contributed by atoms with Crippen molar-refractivity contribution >= 4 is 17.3 Å². The van der Waals surface area contributed by atoms with Gasteiger partial charge in [-0.1, -0.05) is 18.2 Å². The molecule has 0 fully saturated rings. The van der Waals surface area contributed by atoms with Crippen LogP contribution in [0.5, 0.6) is 5.75 Å². The molecule has 2 N–H and O–H groups in total. The van der Waals surface area contributed by atoms with Crippen LogP contribution in [-0.2, 0) is 0 Å². The third-order valence-electron chi connectivity index (χ3n) is 4.42. The van der Waals surface area contributed by atoms with Gasteiger partial charge in [-0.05, 0) is 48.8 Å². The Balaban J connectivity index is 1.57. The number of fused-ring (bicyclic) bond motifs is 1. The molecule has 0 saturated carbocycles. The van der Waals surface area contributed by atoms with Crippen LogP contribution < -0.4 is 15.4 Å². The second kappa shape index (κ2) is 6.95. The maximum absolute atomic E-state index is 12.4. The number of benzene rings is 2. The number of amides is 1. The normalized spacial score (nSPS) is 18.0. The van der Waals surface area contributed by atoms with Gasteiger partial charge in [-0.2, -0.15) is 0 Å². The largest absolute Gasteiger partial charge is 0.458 e. The van der Waals surface area contributed by atoms with Crippen molar-refractivity contribution in [3.8, 4) is 5.75 Å². The smallest absolute Gasteiger partial charge is 0.270 e. The quantitative estimate of drug-likeness (QED) is 0.631. The molecule has 7 heteroatoms. The Morgan fingerprint density at radius 2 is 2.00 bits per heavy atom. The van der Waals surface area contributed by atoms with E-state index in [1.807, 2.05) is 36.4 Å². The summed E-state index contributed by atoms with van der Waals surface area (Å²) in [6.07, 6.45) is 7.57. The Kier molecular flexibility index (Phi) is 4.33. The van der Waals surface area contributed by atoms with E-state index in [0.717, 1.165) is 24.2 Å². The topological polar surface area (TPSA) is 93.5 Å². The number of non-ortho nitro benzene ring substituents is 1. The van der Waals surface area contributed by atoms with Crippen LogP contribution in [0.25, 0.3) is 0 Å². The van der Waals surface area contributed by atoms with Crippen molar-refractivity contribution in [1.29, 1.82) is 0 Å². The Hall–Kier alpha value is -3.61. The summed E-state index contributed by atoms with van der Waals surface area (Å²) in [5, 5.41) is 16.9. The second-order valence-electron chi connectivity index (χ2n) is 6.30. The molecule has 2 aromatic rings. The van der Waals surface area contributed by atoms with E-state index in [0.29, 0.717) is 11.4 Å². The standard InChI is InChI=1S/C20H17N3O4/c24-20-17-12-14(23(25)26)9-10-18(17)21-19(22-20)13-5-4-8-16(11-13)27-15-6-2-1-3-7-15/h2,4-12,19,21H,1,3H2,(H,22,24).